The fourth-order valence-corrected chi connectivity index (χ4v) is 3.58. The quantitative estimate of drug-likeness (QED) is 0.400. The monoisotopic (exact) mass is 455 g/mol. The minimum absolute atomic E-state index is 0.242. The van der Waals surface area contributed by atoms with Gasteiger partial charge in [-0.3, -0.25) is 9.48 Å². The smallest absolute Gasteiger partial charge is 0.337 e. The Bertz CT molecular complexity index is 1280. The summed E-state index contributed by atoms with van der Waals surface area (Å²) in [6.45, 7) is 0.849. The molecule has 0 unspecified atom stereocenters. The van der Waals surface area contributed by atoms with Crippen molar-refractivity contribution >= 4 is 11.9 Å². The minimum Gasteiger partial charge on any atom is -0.497 e. The van der Waals surface area contributed by atoms with Crippen molar-refractivity contribution in [2.24, 2.45) is 0 Å². The normalized spacial score (nSPS) is 10.5. The van der Waals surface area contributed by atoms with E-state index < -0.39 is 5.97 Å². The number of carbonyl (C=O) groups is 2. The third-order valence-electron chi connectivity index (χ3n) is 5.36. The molecule has 0 saturated carbocycles. The summed E-state index contributed by atoms with van der Waals surface area (Å²) in [6, 6.07) is 24.3. The molecule has 1 N–H and O–H groups in total. The second kappa shape index (κ2) is 10.5. The Morgan fingerprint density at radius 1 is 0.912 bits per heavy atom. The molecule has 0 radical (unpaired) electrons. The molecule has 1 amide bonds. The minimum atomic E-state index is -0.399. The second-order valence-electron chi connectivity index (χ2n) is 7.68. The van der Waals surface area contributed by atoms with Gasteiger partial charge in [0.05, 0.1) is 31.9 Å². The Balaban J connectivity index is 1.58. The highest BCUT2D eigenvalue weighted by Crippen LogP contribution is 2.26. The largest absolute Gasteiger partial charge is 0.497 e. The molecule has 0 saturated heterocycles. The van der Waals surface area contributed by atoms with Crippen LogP contribution in [0.1, 0.15) is 31.8 Å². The first-order chi connectivity index (χ1) is 16.6. The maximum Gasteiger partial charge on any atom is 0.337 e. The molecule has 0 fully saturated rings. The third-order valence-corrected chi connectivity index (χ3v) is 5.36. The molecule has 0 bridgehead atoms. The summed E-state index contributed by atoms with van der Waals surface area (Å²) < 4.78 is 11.8. The predicted octanol–water partition coefficient (Wildman–Crippen LogP) is 4.32. The van der Waals surface area contributed by atoms with E-state index >= 15 is 0 Å². The van der Waals surface area contributed by atoms with Crippen molar-refractivity contribution in [1.82, 2.24) is 15.1 Å². The second-order valence-corrected chi connectivity index (χ2v) is 7.68. The lowest BCUT2D eigenvalue weighted by Gasteiger charge is -2.07. The fourth-order valence-electron chi connectivity index (χ4n) is 3.58. The highest BCUT2D eigenvalue weighted by atomic mass is 16.5. The molecular weight excluding hydrogens is 430 g/mol. The summed E-state index contributed by atoms with van der Waals surface area (Å²) >= 11 is 0. The van der Waals surface area contributed by atoms with Crippen LogP contribution < -0.4 is 10.1 Å². The molecule has 0 aliphatic heterocycles. The van der Waals surface area contributed by atoms with Crippen LogP contribution in [0.25, 0.3) is 11.3 Å². The molecule has 172 valence electrons. The molecule has 3 aromatic carbocycles. The number of nitrogens with one attached hydrogen (secondary N) is 1. The standard InChI is InChI=1S/C27H25N3O4/c1-33-23-10-6-9-22(15-23)25-24(18-30(29-25)17-20-7-4-3-5-8-20)26(31)28-16-19-11-13-21(14-12-19)27(32)34-2/h3-15,18H,16-17H2,1-2H3,(H,28,31). The molecular formula is C27H25N3O4. The van der Waals surface area contributed by atoms with Crippen LogP contribution in [0.3, 0.4) is 0 Å². The zero-order chi connectivity index (χ0) is 23.9. The van der Waals surface area contributed by atoms with Gasteiger partial charge in [0.15, 0.2) is 0 Å². The zero-order valence-corrected chi connectivity index (χ0v) is 19.0. The molecule has 7 nitrogen and oxygen atoms in total. The van der Waals surface area contributed by atoms with Gasteiger partial charge in [-0.1, -0.05) is 54.6 Å². The number of benzene rings is 3. The number of ether oxygens (including phenoxy) is 2. The third kappa shape index (κ3) is 5.32. The first kappa shape index (κ1) is 22.8. The first-order valence-electron chi connectivity index (χ1n) is 10.8. The van der Waals surface area contributed by atoms with E-state index in [1.807, 2.05) is 54.6 Å². The molecule has 0 atom stereocenters. The average Bonchev–Trinajstić information content (AvgIpc) is 3.31. The number of amides is 1. The number of rotatable bonds is 8. The number of esters is 1. The Kier molecular flexibility index (Phi) is 7.03. The van der Waals surface area contributed by atoms with Crippen molar-refractivity contribution in [1.29, 1.82) is 0 Å². The summed E-state index contributed by atoms with van der Waals surface area (Å²) in [6.07, 6.45) is 1.76. The van der Waals surface area contributed by atoms with Crippen molar-refractivity contribution in [3.8, 4) is 17.0 Å². The Morgan fingerprint density at radius 2 is 1.68 bits per heavy atom. The molecule has 0 aliphatic rings. The Labute approximate surface area is 197 Å². The van der Waals surface area contributed by atoms with Gasteiger partial charge in [0.1, 0.15) is 11.4 Å². The van der Waals surface area contributed by atoms with Crippen LogP contribution >= 0.6 is 0 Å². The number of methoxy groups -OCH3 is 2. The number of hydrogen-bond donors (Lipinski definition) is 1. The van der Waals surface area contributed by atoms with Gasteiger partial charge < -0.3 is 14.8 Å². The van der Waals surface area contributed by atoms with Crippen molar-refractivity contribution in [2.75, 3.05) is 14.2 Å². The first-order valence-corrected chi connectivity index (χ1v) is 10.8. The lowest BCUT2D eigenvalue weighted by Crippen LogP contribution is -2.23. The van der Waals surface area contributed by atoms with Gasteiger partial charge >= 0.3 is 5.97 Å². The Hall–Kier alpha value is -4.39. The highest BCUT2D eigenvalue weighted by molar-refractivity contribution is 5.99. The number of carbonyl (C=O) groups excluding carboxylic acids is 2. The van der Waals surface area contributed by atoms with Crippen molar-refractivity contribution in [2.45, 2.75) is 13.1 Å². The lowest BCUT2D eigenvalue weighted by molar-refractivity contribution is 0.0600. The van der Waals surface area contributed by atoms with Gasteiger partial charge in [0.25, 0.3) is 5.91 Å². The zero-order valence-electron chi connectivity index (χ0n) is 19.0. The van der Waals surface area contributed by atoms with Gasteiger partial charge in [0.2, 0.25) is 0 Å². The maximum atomic E-state index is 13.2. The van der Waals surface area contributed by atoms with E-state index in [2.05, 4.69) is 5.32 Å². The summed E-state index contributed by atoms with van der Waals surface area (Å²) in [5.74, 6) is 0.0469. The van der Waals surface area contributed by atoms with Crippen molar-refractivity contribution in [3.63, 3.8) is 0 Å². The van der Waals surface area contributed by atoms with Gasteiger partial charge in [0, 0.05) is 18.3 Å². The van der Waals surface area contributed by atoms with Crippen LogP contribution in [0.15, 0.2) is 85.1 Å². The van der Waals surface area contributed by atoms with Gasteiger partial charge in [-0.15, -0.1) is 0 Å². The van der Waals surface area contributed by atoms with Gasteiger partial charge in [-0.2, -0.15) is 5.10 Å². The summed E-state index contributed by atoms with van der Waals surface area (Å²) in [7, 11) is 2.94. The van der Waals surface area contributed by atoms with Gasteiger partial charge in [-0.25, -0.2) is 4.79 Å². The average molecular weight is 456 g/mol. The van der Waals surface area contributed by atoms with E-state index in [1.165, 1.54) is 7.11 Å². The fraction of sp³-hybridized carbons (Fsp3) is 0.148. The number of aromatic nitrogens is 2. The van der Waals surface area contributed by atoms with Crippen LogP contribution in [0.2, 0.25) is 0 Å². The van der Waals surface area contributed by atoms with E-state index in [4.69, 9.17) is 14.6 Å². The highest BCUT2D eigenvalue weighted by Gasteiger charge is 2.19. The van der Waals surface area contributed by atoms with E-state index in [1.54, 1.807) is 42.3 Å². The molecule has 1 aromatic heterocycles. The molecule has 1 heterocycles. The lowest BCUT2D eigenvalue weighted by atomic mass is 10.1. The molecule has 34 heavy (non-hydrogen) atoms. The molecule has 7 heteroatoms. The molecule has 0 aliphatic carbocycles. The molecule has 4 aromatic rings. The summed E-state index contributed by atoms with van der Waals surface area (Å²) in [4.78, 5) is 24.8. The van der Waals surface area contributed by atoms with Crippen LogP contribution in [0.4, 0.5) is 0 Å². The van der Waals surface area contributed by atoms with Crippen LogP contribution in [0, 0.1) is 0 Å². The maximum absolute atomic E-state index is 13.2. The van der Waals surface area contributed by atoms with Crippen molar-refractivity contribution in [3.05, 3.63) is 107 Å². The van der Waals surface area contributed by atoms with Crippen LogP contribution in [-0.2, 0) is 17.8 Å². The van der Waals surface area contributed by atoms with E-state index in [9.17, 15) is 9.59 Å². The van der Waals surface area contributed by atoms with Gasteiger partial charge in [-0.05, 0) is 35.4 Å². The van der Waals surface area contributed by atoms with Crippen LogP contribution in [-0.4, -0.2) is 35.9 Å². The van der Waals surface area contributed by atoms with Crippen LogP contribution in [0.5, 0.6) is 5.75 Å². The number of nitrogens with zero attached hydrogens (tertiary/aromatic N) is 2. The van der Waals surface area contributed by atoms with E-state index in [0.29, 0.717) is 35.7 Å². The Morgan fingerprint density at radius 3 is 2.38 bits per heavy atom. The summed E-state index contributed by atoms with van der Waals surface area (Å²) in [5.41, 5.74) is 4.24. The topological polar surface area (TPSA) is 82.5 Å². The molecule has 0 spiro atoms. The molecule has 4 rings (SSSR count). The summed E-state index contributed by atoms with van der Waals surface area (Å²) in [5, 5.41) is 7.67. The predicted molar refractivity (Wildman–Crippen MR) is 129 cm³/mol. The van der Waals surface area contributed by atoms with Crippen molar-refractivity contribution < 1.29 is 19.1 Å². The van der Waals surface area contributed by atoms with E-state index in [0.717, 1.165) is 16.7 Å². The van der Waals surface area contributed by atoms with E-state index in [-0.39, 0.29) is 5.91 Å². The SMILES string of the molecule is COC(=O)c1ccc(CNC(=O)c2cn(Cc3ccccc3)nc2-c2cccc(OC)c2)cc1. The number of hydrogen-bond acceptors (Lipinski definition) is 5.